The molecule has 13 heavy (non-hydrogen) atoms. The molecule has 1 heterocycles. The SMILES string of the molecule is CC[C@H]1NC(=O)O[C@H]2CCCCC21. The monoisotopic (exact) mass is 183 g/mol. The second-order valence-electron chi connectivity index (χ2n) is 4.05. The molecular formula is C10H17NO2. The number of carbonyl (C=O) groups is 1. The van der Waals surface area contributed by atoms with Crippen LogP contribution in [-0.2, 0) is 4.74 Å². The van der Waals surface area contributed by atoms with Crippen molar-refractivity contribution in [1.82, 2.24) is 5.32 Å². The molecule has 1 N–H and O–H groups in total. The van der Waals surface area contributed by atoms with Gasteiger partial charge in [-0.1, -0.05) is 13.3 Å². The van der Waals surface area contributed by atoms with Crippen molar-refractivity contribution in [1.29, 1.82) is 0 Å². The summed E-state index contributed by atoms with van der Waals surface area (Å²) >= 11 is 0. The van der Waals surface area contributed by atoms with E-state index in [0.29, 0.717) is 12.0 Å². The number of nitrogens with one attached hydrogen (secondary N) is 1. The molecule has 0 aromatic rings. The second-order valence-corrected chi connectivity index (χ2v) is 4.05. The summed E-state index contributed by atoms with van der Waals surface area (Å²) in [7, 11) is 0. The van der Waals surface area contributed by atoms with Gasteiger partial charge in [0.25, 0.3) is 0 Å². The summed E-state index contributed by atoms with van der Waals surface area (Å²) in [4.78, 5) is 11.2. The third kappa shape index (κ3) is 1.64. The zero-order valence-electron chi connectivity index (χ0n) is 8.08. The highest BCUT2D eigenvalue weighted by Gasteiger charge is 2.38. The molecule has 3 atom stereocenters. The van der Waals surface area contributed by atoms with Gasteiger partial charge in [0.15, 0.2) is 0 Å². The van der Waals surface area contributed by atoms with Crippen LogP contribution >= 0.6 is 0 Å². The highest BCUT2D eigenvalue weighted by atomic mass is 16.6. The van der Waals surface area contributed by atoms with E-state index in [1.165, 1.54) is 19.3 Å². The van der Waals surface area contributed by atoms with Gasteiger partial charge in [0.05, 0.1) is 0 Å². The van der Waals surface area contributed by atoms with Gasteiger partial charge in [0, 0.05) is 12.0 Å². The number of hydrogen-bond donors (Lipinski definition) is 1. The van der Waals surface area contributed by atoms with Crippen molar-refractivity contribution >= 4 is 6.09 Å². The molecule has 0 spiro atoms. The Bertz CT molecular complexity index is 195. The standard InChI is InChI=1S/C10H17NO2/c1-2-8-7-5-3-4-6-9(7)13-10(12)11-8/h7-9H,2-6H2,1H3,(H,11,12)/t7?,8-,9+/m1/s1. The molecule has 1 saturated heterocycles. The number of ether oxygens (including phenoxy) is 1. The maximum atomic E-state index is 11.2. The summed E-state index contributed by atoms with van der Waals surface area (Å²) in [5.74, 6) is 0.566. The van der Waals surface area contributed by atoms with E-state index in [9.17, 15) is 4.79 Å². The summed E-state index contributed by atoms with van der Waals surface area (Å²) in [5.41, 5.74) is 0. The molecule has 1 amide bonds. The quantitative estimate of drug-likeness (QED) is 0.675. The Morgan fingerprint density at radius 3 is 3.00 bits per heavy atom. The maximum absolute atomic E-state index is 11.2. The molecule has 1 saturated carbocycles. The van der Waals surface area contributed by atoms with Crippen LogP contribution in [0.3, 0.4) is 0 Å². The first-order chi connectivity index (χ1) is 6.31. The summed E-state index contributed by atoms with van der Waals surface area (Å²) in [5, 5.41) is 2.90. The van der Waals surface area contributed by atoms with Gasteiger partial charge in [-0.2, -0.15) is 0 Å². The zero-order valence-corrected chi connectivity index (χ0v) is 8.08. The number of alkyl carbamates (subject to hydrolysis) is 1. The average molecular weight is 183 g/mol. The Kier molecular flexibility index (Phi) is 2.42. The van der Waals surface area contributed by atoms with Crippen molar-refractivity contribution in [2.24, 2.45) is 5.92 Å². The van der Waals surface area contributed by atoms with Crippen molar-refractivity contribution in [3.05, 3.63) is 0 Å². The highest BCUT2D eigenvalue weighted by molar-refractivity contribution is 5.68. The van der Waals surface area contributed by atoms with E-state index in [4.69, 9.17) is 4.74 Å². The van der Waals surface area contributed by atoms with Crippen molar-refractivity contribution in [2.75, 3.05) is 0 Å². The fraction of sp³-hybridized carbons (Fsp3) is 0.900. The Morgan fingerprint density at radius 1 is 1.46 bits per heavy atom. The zero-order chi connectivity index (χ0) is 9.26. The van der Waals surface area contributed by atoms with Crippen LogP contribution in [0.4, 0.5) is 4.79 Å². The van der Waals surface area contributed by atoms with Gasteiger partial charge in [-0.25, -0.2) is 4.79 Å². The van der Waals surface area contributed by atoms with Crippen molar-refractivity contribution in [3.8, 4) is 0 Å². The van der Waals surface area contributed by atoms with Crippen LogP contribution in [0.15, 0.2) is 0 Å². The first-order valence-corrected chi connectivity index (χ1v) is 5.28. The number of hydrogen-bond acceptors (Lipinski definition) is 2. The lowest BCUT2D eigenvalue weighted by atomic mass is 9.80. The third-order valence-electron chi connectivity index (χ3n) is 3.27. The fourth-order valence-corrected chi connectivity index (χ4v) is 2.57. The predicted molar refractivity (Wildman–Crippen MR) is 49.4 cm³/mol. The lowest BCUT2D eigenvalue weighted by Gasteiger charge is -2.40. The van der Waals surface area contributed by atoms with E-state index in [2.05, 4.69) is 12.2 Å². The second kappa shape index (κ2) is 3.56. The van der Waals surface area contributed by atoms with Crippen molar-refractivity contribution in [2.45, 2.75) is 51.2 Å². The van der Waals surface area contributed by atoms with Crippen LogP contribution in [0, 0.1) is 5.92 Å². The average Bonchev–Trinajstić information content (AvgIpc) is 2.16. The number of amides is 1. The van der Waals surface area contributed by atoms with E-state index in [1.54, 1.807) is 0 Å². The minimum Gasteiger partial charge on any atom is -0.446 e. The van der Waals surface area contributed by atoms with Gasteiger partial charge in [-0.05, 0) is 25.7 Å². The Morgan fingerprint density at radius 2 is 2.23 bits per heavy atom. The first-order valence-electron chi connectivity index (χ1n) is 5.28. The van der Waals surface area contributed by atoms with E-state index in [-0.39, 0.29) is 12.2 Å². The van der Waals surface area contributed by atoms with Crippen LogP contribution in [0.1, 0.15) is 39.0 Å². The van der Waals surface area contributed by atoms with Crippen LogP contribution in [-0.4, -0.2) is 18.2 Å². The molecule has 0 radical (unpaired) electrons. The molecule has 1 unspecified atom stereocenters. The topological polar surface area (TPSA) is 38.3 Å². The molecule has 2 fully saturated rings. The minimum atomic E-state index is -0.213. The minimum absolute atomic E-state index is 0.201. The van der Waals surface area contributed by atoms with E-state index in [0.717, 1.165) is 12.8 Å². The normalized spacial score (nSPS) is 38.8. The molecule has 0 aromatic carbocycles. The van der Waals surface area contributed by atoms with Crippen molar-refractivity contribution < 1.29 is 9.53 Å². The first kappa shape index (κ1) is 8.85. The highest BCUT2D eigenvalue weighted by Crippen LogP contribution is 2.32. The van der Waals surface area contributed by atoms with E-state index < -0.39 is 0 Å². The molecule has 1 aliphatic heterocycles. The van der Waals surface area contributed by atoms with Crippen LogP contribution in [0.5, 0.6) is 0 Å². The Balaban J connectivity index is 2.07. The molecule has 0 bridgehead atoms. The number of fused-ring (bicyclic) bond motifs is 1. The number of rotatable bonds is 1. The van der Waals surface area contributed by atoms with Gasteiger partial charge in [-0.3, -0.25) is 0 Å². The van der Waals surface area contributed by atoms with E-state index in [1.807, 2.05) is 0 Å². The predicted octanol–water partition coefficient (Wildman–Crippen LogP) is 2.06. The molecule has 2 rings (SSSR count). The lowest BCUT2D eigenvalue weighted by molar-refractivity contribution is -0.00766. The smallest absolute Gasteiger partial charge is 0.407 e. The van der Waals surface area contributed by atoms with Gasteiger partial charge >= 0.3 is 6.09 Å². The molecule has 0 aromatic heterocycles. The lowest BCUT2D eigenvalue weighted by Crippen LogP contribution is -2.53. The number of carbonyl (C=O) groups excluding carboxylic acids is 1. The van der Waals surface area contributed by atoms with E-state index >= 15 is 0 Å². The largest absolute Gasteiger partial charge is 0.446 e. The molecule has 3 heteroatoms. The molecular weight excluding hydrogens is 166 g/mol. The maximum Gasteiger partial charge on any atom is 0.407 e. The van der Waals surface area contributed by atoms with Gasteiger partial charge < -0.3 is 10.1 Å². The fourth-order valence-electron chi connectivity index (χ4n) is 2.57. The van der Waals surface area contributed by atoms with Crippen molar-refractivity contribution in [3.63, 3.8) is 0 Å². The third-order valence-corrected chi connectivity index (χ3v) is 3.27. The molecule has 2 aliphatic rings. The molecule has 1 aliphatic carbocycles. The van der Waals surface area contributed by atoms with Gasteiger partial charge in [-0.15, -0.1) is 0 Å². The van der Waals surface area contributed by atoms with Gasteiger partial charge in [0.2, 0.25) is 0 Å². The summed E-state index contributed by atoms with van der Waals surface area (Å²) in [6, 6.07) is 0.353. The summed E-state index contributed by atoms with van der Waals surface area (Å²) in [6.07, 6.45) is 5.79. The molecule has 74 valence electrons. The Hall–Kier alpha value is -0.730. The van der Waals surface area contributed by atoms with Crippen LogP contribution in [0.25, 0.3) is 0 Å². The summed E-state index contributed by atoms with van der Waals surface area (Å²) in [6.45, 7) is 2.13. The Labute approximate surface area is 78.8 Å². The summed E-state index contributed by atoms with van der Waals surface area (Å²) < 4.78 is 5.27. The van der Waals surface area contributed by atoms with Crippen LogP contribution in [0.2, 0.25) is 0 Å². The van der Waals surface area contributed by atoms with Gasteiger partial charge in [0.1, 0.15) is 6.10 Å². The van der Waals surface area contributed by atoms with Crippen LogP contribution < -0.4 is 5.32 Å². The molecule has 3 nitrogen and oxygen atoms in total.